The van der Waals surface area contributed by atoms with Gasteiger partial charge < -0.3 is 0 Å². The van der Waals surface area contributed by atoms with Crippen LogP contribution in [0.25, 0.3) is 0 Å². The molecule has 21 heavy (non-hydrogen) atoms. The largest absolute Gasteiger partial charge is 0.296 e. The molecule has 0 spiro atoms. The molecule has 2 atom stereocenters. The van der Waals surface area contributed by atoms with Crippen LogP contribution in [0.3, 0.4) is 0 Å². The van der Waals surface area contributed by atoms with E-state index in [1.807, 2.05) is 24.8 Å². The van der Waals surface area contributed by atoms with E-state index in [1.54, 1.807) is 12.1 Å². The van der Waals surface area contributed by atoms with Gasteiger partial charge in [-0.1, -0.05) is 6.07 Å². The Labute approximate surface area is 131 Å². The van der Waals surface area contributed by atoms with Crippen LogP contribution in [-0.4, -0.2) is 34.9 Å². The molecule has 2 rings (SSSR count). The van der Waals surface area contributed by atoms with E-state index in [0.717, 1.165) is 30.1 Å². The average molecular weight is 308 g/mol. The molecule has 1 aromatic rings. The molecule has 0 bridgehead atoms. The van der Waals surface area contributed by atoms with Gasteiger partial charge in [0.15, 0.2) is 0 Å². The molecule has 1 fully saturated rings. The van der Waals surface area contributed by atoms with Crippen molar-refractivity contribution < 1.29 is 4.92 Å². The Bertz CT molecular complexity index is 505. The standard InChI is InChI=1S/C16H24N2O2S/c1-12-6-7-15(18(19)20)9-16(12)13(2)17-8-4-5-14(10-17)11-21-3/h6-7,9,13-14H,4-5,8,10-11H2,1-3H3/t13-,14-/m0/s1. The highest BCUT2D eigenvalue weighted by Gasteiger charge is 2.25. The molecule has 0 radical (unpaired) electrons. The van der Waals surface area contributed by atoms with Gasteiger partial charge in [0.2, 0.25) is 0 Å². The summed E-state index contributed by atoms with van der Waals surface area (Å²) in [7, 11) is 0. The van der Waals surface area contributed by atoms with Crippen molar-refractivity contribution in [3.8, 4) is 0 Å². The summed E-state index contributed by atoms with van der Waals surface area (Å²) >= 11 is 1.91. The second-order valence-electron chi connectivity index (χ2n) is 5.93. The Hall–Kier alpha value is -1.07. The van der Waals surface area contributed by atoms with Crippen molar-refractivity contribution in [2.75, 3.05) is 25.1 Å². The molecule has 0 unspecified atom stereocenters. The number of thioether (sulfide) groups is 1. The fraction of sp³-hybridized carbons (Fsp3) is 0.625. The summed E-state index contributed by atoms with van der Waals surface area (Å²) in [6.07, 6.45) is 4.69. The quantitative estimate of drug-likeness (QED) is 0.608. The Morgan fingerprint density at radius 1 is 1.52 bits per heavy atom. The predicted octanol–water partition coefficient (Wildman–Crippen LogP) is 4.04. The molecule has 1 aliphatic rings. The number of nitro groups is 1. The number of hydrogen-bond acceptors (Lipinski definition) is 4. The number of rotatable bonds is 5. The number of hydrogen-bond donors (Lipinski definition) is 0. The molecular formula is C16H24N2O2S. The van der Waals surface area contributed by atoms with Crippen LogP contribution < -0.4 is 0 Å². The minimum absolute atomic E-state index is 0.195. The van der Waals surface area contributed by atoms with Crippen LogP contribution in [0.4, 0.5) is 5.69 Å². The first-order valence-corrected chi connectivity index (χ1v) is 8.90. The van der Waals surface area contributed by atoms with Crippen molar-refractivity contribution in [1.29, 1.82) is 0 Å². The lowest BCUT2D eigenvalue weighted by Gasteiger charge is -2.37. The number of non-ortho nitro benzene ring substituents is 1. The molecule has 0 amide bonds. The molecule has 1 heterocycles. The van der Waals surface area contributed by atoms with Gasteiger partial charge in [-0.15, -0.1) is 0 Å². The third kappa shape index (κ3) is 3.98. The van der Waals surface area contributed by atoms with E-state index in [1.165, 1.54) is 18.6 Å². The topological polar surface area (TPSA) is 46.4 Å². The summed E-state index contributed by atoms with van der Waals surface area (Å²) < 4.78 is 0. The van der Waals surface area contributed by atoms with Gasteiger partial charge in [-0.3, -0.25) is 15.0 Å². The highest BCUT2D eigenvalue weighted by Crippen LogP contribution is 2.31. The van der Waals surface area contributed by atoms with Gasteiger partial charge in [-0.2, -0.15) is 11.8 Å². The lowest BCUT2D eigenvalue weighted by atomic mass is 9.94. The Kier molecular flexibility index (Phi) is 5.65. The van der Waals surface area contributed by atoms with E-state index < -0.39 is 0 Å². The SMILES string of the molecule is CSC[C@H]1CCCN([C@@H](C)c2cc([N+](=O)[O-])ccc2C)C1. The maximum Gasteiger partial charge on any atom is 0.269 e. The second-order valence-corrected chi connectivity index (χ2v) is 6.84. The van der Waals surface area contributed by atoms with Gasteiger partial charge >= 0.3 is 0 Å². The fourth-order valence-electron chi connectivity index (χ4n) is 3.21. The molecule has 116 valence electrons. The summed E-state index contributed by atoms with van der Waals surface area (Å²) in [4.78, 5) is 13.2. The zero-order valence-corrected chi connectivity index (χ0v) is 13.9. The predicted molar refractivity (Wildman–Crippen MR) is 88.9 cm³/mol. The summed E-state index contributed by atoms with van der Waals surface area (Å²) in [5.74, 6) is 1.95. The summed E-state index contributed by atoms with van der Waals surface area (Å²) in [6, 6.07) is 5.46. The summed E-state index contributed by atoms with van der Waals surface area (Å²) in [5.41, 5.74) is 2.43. The highest BCUT2D eigenvalue weighted by molar-refractivity contribution is 7.98. The molecule has 4 nitrogen and oxygen atoms in total. The minimum atomic E-state index is -0.303. The maximum absolute atomic E-state index is 11.0. The third-order valence-corrected chi connectivity index (χ3v) is 5.23. The molecule has 0 aromatic heterocycles. The van der Waals surface area contributed by atoms with Crippen LogP contribution in [0.15, 0.2) is 18.2 Å². The second kappa shape index (κ2) is 7.27. The Balaban J connectivity index is 2.17. The van der Waals surface area contributed by atoms with Crippen LogP contribution in [0.5, 0.6) is 0 Å². The molecule has 0 aliphatic carbocycles. The third-order valence-electron chi connectivity index (χ3n) is 4.42. The van der Waals surface area contributed by atoms with Crippen molar-refractivity contribution in [2.24, 2.45) is 5.92 Å². The van der Waals surface area contributed by atoms with Crippen LogP contribution >= 0.6 is 11.8 Å². The first kappa shape index (κ1) is 16.3. The zero-order chi connectivity index (χ0) is 15.4. The van der Waals surface area contributed by atoms with Crippen molar-refractivity contribution in [2.45, 2.75) is 32.7 Å². The van der Waals surface area contributed by atoms with E-state index in [0.29, 0.717) is 0 Å². The number of nitro benzene ring substituents is 1. The van der Waals surface area contributed by atoms with E-state index in [2.05, 4.69) is 18.1 Å². The van der Waals surface area contributed by atoms with Crippen LogP contribution in [0.1, 0.15) is 36.9 Å². The van der Waals surface area contributed by atoms with Gasteiger partial charge in [0.25, 0.3) is 5.69 Å². The van der Waals surface area contributed by atoms with Gasteiger partial charge in [-0.05, 0) is 62.3 Å². The van der Waals surface area contributed by atoms with Gasteiger partial charge in [0.05, 0.1) is 4.92 Å². The van der Waals surface area contributed by atoms with E-state index >= 15 is 0 Å². The summed E-state index contributed by atoms with van der Waals surface area (Å²) in [6.45, 7) is 6.41. The number of nitrogens with zero attached hydrogens (tertiary/aromatic N) is 2. The van der Waals surface area contributed by atoms with Crippen LogP contribution in [0.2, 0.25) is 0 Å². The lowest BCUT2D eigenvalue weighted by Crippen LogP contribution is -2.38. The van der Waals surface area contributed by atoms with Crippen molar-refractivity contribution in [3.63, 3.8) is 0 Å². The van der Waals surface area contributed by atoms with Crippen LogP contribution in [-0.2, 0) is 0 Å². The van der Waals surface area contributed by atoms with E-state index in [9.17, 15) is 10.1 Å². The first-order valence-electron chi connectivity index (χ1n) is 7.51. The number of likely N-dealkylation sites (tertiary alicyclic amines) is 1. The first-order chi connectivity index (χ1) is 10.0. The Morgan fingerprint density at radius 3 is 2.95 bits per heavy atom. The van der Waals surface area contributed by atoms with E-state index in [4.69, 9.17) is 0 Å². The number of benzene rings is 1. The fourth-order valence-corrected chi connectivity index (χ4v) is 3.95. The monoisotopic (exact) mass is 308 g/mol. The average Bonchev–Trinajstić information content (AvgIpc) is 2.47. The molecule has 1 aliphatic heterocycles. The van der Waals surface area contributed by atoms with E-state index in [-0.39, 0.29) is 16.7 Å². The minimum Gasteiger partial charge on any atom is -0.296 e. The molecule has 0 N–H and O–H groups in total. The molecule has 0 saturated carbocycles. The number of aryl methyl sites for hydroxylation is 1. The highest BCUT2D eigenvalue weighted by atomic mass is 32.2. The smallest absolute Gasteiger partial charge is 0.269 e. The number of piperidine rings is 1. The van der Waals surface area contributed by atoms with Gasteiger partial charge in [0.1, 0.15) is 0 Å². The van der Waals surface area contributed by atoms with Crippen LogP contribution in [0, 0.1) is 23.0 Å². The molecular weight excluding hydrogens is 284 g/mol. The van der Waals surface area contributed by atoms with Gasteiger partial charge in [0, 0.05) is 24.7 Å². The summed E-state index contributed by atoms with van der Waals surface area (Å²) in [5, 5.41) is 11.0. The lowest BCUT2D eigenvalue weighted by molar-refractivity contribution is -0.385. The molecule has 5 heteroatoms. The maximum atomic E-state index is 11.0. The van der Waals surface area contributed by atoms with Crippen molar-refractivity contribution in [3.05, 3.63) is 39.4 Å². The Morgan fingerprint density at radius 2 is 2.29 bits per heavy atom. The van der Waals surface area contributed by atoms with Gasteiger partial charge in [-0.25, -0.2) is 0 Å². The zero-order valence-electron chi connectivity index (χ0n) is 13.0. The molecule has 1 aromatic carbocycles. The van der Waals surface area contributed by atoms with Crippen molar-refractivity contribution >= 4 is 17.4 Å². The van der Waals surface area contributed by atoms with Crippen molar-refractivity contribution in [1.82, 2.24) is 4.90 Å². The molecule has 1 saturated heterocycles. The normalized spacial score (nSPS) is 21.2.